The van der Waals surface area contributed by atoms with E-state index >= 15 is 0 Å². The van der Waals surface area contributed by atoms with Crippen molar-refractivity contribution >= 4 is 40.2 Å². The Balaban J connectivity index is 1.75. The first-order valence-corrected chi connectivity index (χ1v) is 16.5. The molecule has 0 aromatic heterocycles. The number of esters is 1. The van der Waals surface area contributed by atoms with Gasteiger partial charge in [-0.1, -0.05) is 138 Å². The van der Waals surface area contributed by atoms with Gasteiger partial charge in [-0.15, -0.1) is 0 Å². The summed E-state index contributed by atoms with van der Waals surface area (Å²) in [5, 5.41) is 0. The zero-order valence-corrected chi connectivity index (χ0v) is 26.4. The number of carbonyl (C=O) groups is 1. The molecule has 0 radical (unpaired) electrons. The van der Waals surface area contributed by atoms with Gasteiger partial charge in [0, 0.05) is 10.5 Å². The number of thioether (sulfide) groups is 1. The smallest absolute Gasteiger partial charge is 0.333 e. The normalized spacial score (nSPS) is 12.4. The van der Waals surface area contributed by atoms with Crippen molar-refractivity contribution in [3.8, 4) is 0 Å². The predicted octanol–water partition coefficient (Wildman–Crippen LogP) is 11.1. The lowest BCUT2D eigenvalue weighted by Crippen LogP contribution is -2.15. The van der Waals surface area contributed by atoms with Crippen LogP contribution in [-0.2, 0) is 16.0 Å². The first-order valence-electron chi connectivity index (χ1n) is 15.2. The first kappa shape index (κ1) is 33.3. The molecule has 214 valence electrons. The molecule has 0 amide bonds. The lowest BCUT2D eigenvalue weighted by molar-refractivity contribution is -0.143. The molecule has 2 nitrogen and oxygen atoms in total. The van der Waals surface area contributed by atoms with Crippen molar-refractivity contribution in [3.05, 3.63) is 70.8 Å². The Labute approximate surface area is 248 Å². The average Bonchev–Trinajstić information content (AvgIpc) is 2.94. The van der Waals surface area contributed by atoms with Crippen LogP contribution in [0.1, 0.15) is 128 Å². The molecule has 1 unspecified atom stereocenters. The van der Waals surface area contributed by atoms with Gasteiger partial charge in [-0.2, -0.15) is 0 Å². The number of benzene rings is 2. The standard InChI is InChI=1S/C35H50O2S2/c1-5-7-9-11-12-13-14-16-18-30-19-23-32(24-20-30)35(38)39-33-25-21-31(22-26-33)27-28(3)34(36)37-29(4)17-15-10-8-6-2/h19-27,29H,5-18H2,1-4H3/b28-27+. The van der Waals surface area contributed by atoms with Gasteiger partial charge < -0.3 is 4.74 Å². The number of hydrogen-bond donors (Lipinski definition) is 0. The van der Waals surface area contributed by atoms with Crippen LogP contribution in [0, 0.1) is 0 Å². The lowest BCUT2D eigenvalue weighted by Gasteiger charge is -2.13. The molecule has 4 heteroatoms. The molecule has 2 aromatic rings. The van der Waals surface area contributed by atoms with Crippen LogP contribution in [0.4, 0.5) is 0 Å². The maximum absolute atomic E-state index is 12.5. The van der Waals surface area contributed by atoms with E-state index in [9.17, 15) is 4.79 Å². The van der Waals surface area contributed by atoms with Crippen molar-refractivity contribution in [2.45, 2.75) is 129 Å². The Bertz CT molecular complexity index is 992. The quantitative estimate of drug-likeness (QED) is 0.0555. The summed E-state index contributed by atoms with van der Waals surface area (Å²) in [6, 6.07) is 17.0. The van der Waals surface area contributed by atoms with Gasteiger partial charge >= 0.3 is 5.97 Å². The number of ether oxygens (including phenoxy) is 1. The minimum absolute atomic E-state index is 0.0448. The number of unbranched alkanes of at least 4 members (excludes halogenated alkanes) is 10. The second kappa shape index (κ2) is 20.0. The molecule has 39 heavy (non-hydrogen) atoms. The van der Waals surface area contributed by atoms with Gasteiger partial charge in [-0.05, 0) is 74.4 Å². The van der Waals surface area contributed by atoms with Gasteiger partial charge in [0.05, 0.1) is 10.3 Å². The number of hydrogen-bond acceptors (Lipinski definition) is 4. The van der Waals surface area contributed by atoms with Crippen molar-refractivity contribution in [2.75, 3.05) is 0 Å². The third-order valence-corrected chi connectivity index (χ3v) is 8.49. The molecule has 0 aliphatic heterocycles. The van der Waals surface area contributed by atoms with Crippen LogP contribution in [0.15, 0.2) is 59.0 Å². The average molecular weight is 567 g/mol. The molecule has 1 atom stereocenters. The molecule has 0 saturated heterocycles. The number of aryl methyl sites for hydroxylation is 1. The van der Waals surface area contributed by atoms with E-state index in [2.05, 4.69) is 50.2 Å². The van der Waals surface area contributed by atoms with Crippen LogP contribution in [0.2, 0.25) is 0 Å². The van der Waals surface area contributed by atoms with E-state index in [0.717, 1.165) is 39.5 Å². The van der Waals surface area contributed by atoms with Crippen LogP contribution >= 0.6 is 24.0 Å². The van der Waals surface area contributed by atoms with Gasteiger partial charge in [0.15, 0.2) is 0 Å². The van der Waals surface area contributed by atoms with E-state index in [1.807, 2.05) is 32.1 Å². The van der Waals surface area contributed by atoms with E-state index in [4.69, 9.17) is 17.0 Å². The van der Waals surface area contributed by atoms with Crippen molar-refractivity contribution in [3.63, 3.8) is 0 Å². The number of thiocarbonyl (C=S) groups is 1. The molecule has 0 N–H and O–H groups in total. The van der Waals surface area contributed by atoms with E-state index in [1.165, 1.54) is 76.2 Å². The second-order valence-electron chi connectivity index (χ2n) is 10.8. The van der Waals surface area contributed by atoms with Crippen LogP contribution in [-0.4, -0.2) is 16.3 Å². The lowest BCUT2D eigenvalue weighted by atomic mass is 10.0. The molecular formula is C35H50O2S2. The molecule has 0 heterocycles. The van der Waals surface area contributed by atoms with E-state index in [0.29, 0.717) is 5.57 Å². The molecule has 0 fully saturated rings. The predicted molar refractivity (Wildman–Crippen MR) is 175 cm³/mol. The maximum atomic E-state index is 12.5. The minimum Gasteiger partial charge on any atom is -0.459 e. The highest BCUT2D eigenvalue weighted by atomic mass is 32.2. The Hall–Kier alpha value is -1.91. The van der Waals surface area contributed by atoms with Crippen molar-refractivity contribution in [1.29, 1.82) is 0 Å². The zero-order valence-electron chi connectivity index (χ0n) is 24.8. The molecule has 0 saturated carbocycles. The van der Waals surface area contributed by atoms with E-state index in [-0.39, 0.29) is 12.1 Å². The van der Waals surface area contributed by atoms with Gasteiger partial charge in [-0.3, -0.25) is 0 Å². The summed E-state index contributed by atoms with van der Waals surface area (Å²) in [4.78, 5) is 13.6. The van der Waals surface area contributed by atoms with Crippen LogP contribution < -0.4 is 0 Å². The molecule has 0 aliphatic rings. The van der Waals surface area contributed by atoms with Gasteiger partial charge in [-0.25, -0.2) is 4.79 Å². The third-order valence-electron chi connectivity index (χ3n) is 7.08. The summed E-state index contributed by atoms with van der Waals surface area (Å²) in [6.45, 7) is 8.28. The Morgan fingerprint density at radius 1 is 0.821 bits per heavy atom. The molecule has 0 bridgehead atoms. The molecular weight excluding hydrogens is 517 g/mol. The summed E-state index contributed by atoms with van der Waals surface area (Å²) >= 11 is 7.33. The van der Waals surface area contributed by atoms with E-state index < -0.39 is 0 Å². The zero-order chi connectivity index (χ0) is 28.3. The summed E-state index contributed by atoms with van der Waals surface area (Å²) in [5.41, 5.74) is 4.11. The molecule has 2 rings (SSSR count). The maximum Gasteiger partial charge on any atom is 0.333 e. The topological polar surface area (TPSA) is 26.3 Å². The largest absolute Gasteiger partial charge is 0.459 e. The first-order chi connectivity index (χ1) is 18.9. The highest BCUT2D eigenvalue weighted by Gasteiger charge is 2.11. The SMILES string of the molecule is CCCCCCCCCCc1ccc(C(=S)Sc2ccc(/C=C(\C)C(=O)OC(C)CCCCCC)cc2)cc1. The second-order valence-corrected chi connectivity index (χ2v) is 12.5. The van der Waals surface area contributed by atoms with E-state index in [1.54, 1.807) is 11.8 Å². The highest BCUT2D eigenvalue weighted by molar-refractivity contribution is 8.23. The number of rotatable bonds is 19. The van der Waals surface area contributed by atoms with Crippen molar-refractivity contribution in [2.24, 2.45) is 0 Å². The summed E-state index contributed by atoms with van der Waals surface area (Å²) in [7, 11) is 0. The highest BCUT2D eigenvalue weighted by Crippen LogP contribution is 2.25. The monoisotopic (exact) mass is 566 g/mol. The molecule has 0 aliphatic carbocycles. The fraction of sp³-hybridized carbons (Fsp3) is 0.543. The van der Waals surface area contributed by atoms with Crippen LogP contribution in [0.25, 0.3) is 6.08 Å². The fourth-order valence-corrected chi connectivity index (χ4v) is 5.74. The summed E-state index contributed by atoms with van der Waals surface area (Å²) in [6.07, 6.45) is 19.5. The van der Waals surface area contributed by atoms with Crippen LogP contribution in [0.5, 0.6) is 0 Å². The third kappa shape index (κ3) is 14.3. The fourth-order valence-electron chi connectivity index (χ4n) is 4.57. The summed E-state index contributed by atoms with van der Waals surface area (Å²) < 4.78 is 6.50. The Kier molecular flexibility index (Phi) is 17.1. The van der Waals surface area contributed by atoms with Gasteiger partial charge in [0.1, 0.15) is 0 Å². The van der Waals surface area contributed by atoms with Gasteiger partial charge in [0.25, 0.3) is 0 Å². The molecule has 2 aromatic carbocycles. The van der Waals surface area contributed by atoms with Crippen molar-refractivity contribution in [1.82, 2.24) is 0 Å². The molecule has 0 spiro atoms. The Morgan fingerprint density at radius 3 is 2.00 bits per heavy atom. The van der Waals surface area contributed by atoms with Gasteiger partial charge in [0.2, 0.25) is 0 Å². The van der Waals surface area contributed by atoms with Crippen LogP contribution in [0.3, 0.4) is 0 Å². The summed E-state index contributed by atoms with van der Waals surface area (Å²) in [5.74, 6) is -0.233. The Morgan fingerprint density at radius 2 is 1.38 bits per heavy atom. The number of carbonyl (C=O) groups excluding carboxylic acids is 1. The minimum atomic E-state index is -0.233. The van der Waals surface area contributed by atoms with Crippen molar-refractivity contribution < 1.29 is 9.53 Å².